The summed E-state index contributed by atoms with van der Waals surface area (Å²) in [5, 5.41) is 13.6. The van der Waals surface area contributed by atoms with Crippen molar-refractivity contribution in [3.05, 3.63) is 0 Å². The van der Waals surface area contributed by atoms with Crippen LogP contribution in [0.4, 0.5) is 0 Å². The first kappa shape index (κ1) is 10.9. The summed E-state index contributed by atoms with van der Waals surface area (Å²) < 4.78 is 20.9. The molecule has 4 nitrogen and oxygen atoms in total. The van der Waals surface area contributed by atoms with Gasteiger partial charge in [-0.05, 0) is 12.8 Å². The van der Waals surface area contributed by atoms with Crippen LogP contribution >= 0.6 is 0 Å². The number of aliphatic hydroxyl groups is 1. The topological polar surface area (TPSA) is 80.4 Å². The lowest BCUT2D eigenvalue weighted by Crippen LogP contribution is -2.27. The molecule has 5 heteroatoms. The molecule has 0 saturated heterocycles. The van der Waals surface area contributed by atoms with Crippen molar-refractivity contribution in [2.75, 3.05) is 0 Å². The first-order valence-corrected chi connectivity index (χ1v) is 5.29. The molecule has 0 aliphatic heterocycles. The Labute approximate surface area is 67.5 Å². The molecule has 0 bridgehead atoms. The molecule has 0 aromatic rings. The SMILES string of the molecule is CCCCCC(O)S(N)(=O)=O. The van der Waals surface area contributed by atoms with Crippen LogP contribution in [0.25, 0.3) is 0 Å². The van der Waals surface area contributed by atoms with E-state index in [1.165, 1.54) is 0 Å². The van der Waals surface area contributed by atoms with E-state index in [1.807, 2.05) is 6.92 Å². The Morgan fingerprint density at radius 1 is 1.45 bits per heavy atom. The van der Waals surface area contributed by atoms with Gasteiger partial charge in [0.2, 0.25) is 10.0 Å². The van der Waals surface area contributed by atoms with Gasteiger partial charge in [0.05, 0.1) is 0 Å². The summed E-state index contributed by atoms with van der Waals surface area (Å²) in [6.07, 6.45) is 2.87. The molecule has 0 rings (SSSR count). The van der Waals surface area contributed by atoms with Gasteiger partial charge in [0, 0.05) is 0 Å². The van der Waals surface area contributed by atoms with Crippen molar-refractivity contribution in [2.24, 2.45) is 5.14 Å². The highest BCUT2D eigenvalue weighted by molar-refractivity contribution is 7.89. The average Bonchev–Trinajstić information content (AvgIpc) is 1.86. The lowest BCUT2D eigenvalue weighted by molar-refractivity contribution is 0.234. The predicted molar refractivity (Wildman–Crippen MR) is 43.3 cm³/mol. The molecule has 0 aliphatic rings. The molecular weight excluding hydrogens is 166 g/mol. The van der Waals surface area contributed by atoms with Gasteiger partial charge < -0.3 is 5.11 Å². The summed E-state index contributed by atoms with van der Waals surface area (Å²) in [6.45, 7) is 2.00. The maximum atomic E-state index is 10.5. The van der Waals surface area contributed by atoms with Crippen molar-refractivity contribution < 1.29 is 13.5 Å². The highest BCUT2D eigenvalue weighted by Gasteiger charge is 2.16. The van der Waals surface area contributed by atoms with Gasteiger partial charge in [-0.3, -0.25) is 0 Å². The minimum atomic E-state index is -3.73. The summed E-state index contributed by atoms with van der Waals surface area (Å²) >= 11 is 0. The number of sulfonamides is 1. The zero-order valence-electron chi connectivity index (χ0n) is 6.66. The van der Waals surface area contributed by atoms with E-state index in [0.29, 0.717) is 6.42 Å². The van der Waals surface area contributed by atoms with Gasteiger partial charge in [-0.25, -0.2) is 13.6 Å². The number of aliphatic hydroxyl groups excluding tert-OH is 1. The molecule has 0 aliphatic carbocycles. The van der Waals surface area contributed by atoms with E-state index in [1.54, 1.807) is 0 Å². The number of nitrogens with two attached hydrogens (primary N) is 1. The zero-order valence-corrected chi connectivity index (χ0v) is 7.47. The summed E-state index contributed by atoms with van der Waals surface area (Å²) in [6, 6.07) is 0. The van der Waals surface area contributed by atoms with E-state index in [0.717, 1.165) is 12.8 Å². The van der Waals surface area contributed by atoms with Crippen molar-refractivity contribution in [3.8, 4) is 0 Å². The Bertz CT molecular complexity index is 188. The molecule has 0 fully saturated rings. The zero-order chi connectivity index (χ0) is 8.91. The second-order valence-electron chi connectivity index (χ2n) is 2.54. The van der Waals surface area contributed by atoms with Crippen LogP contribution in [0.2, 0.25) is 0 Å². The highest BCUT2D eigenvalue weighted by atomic mass is 32.2. The van der Waals surface area contributed by atoms with Crippen LogP contribution in [-0.4, -0.2) is 19.0 Å². The van der Waals surface area contributed by atoms with Crippen molar-refractivity contribution in [1.29, 1.82) is 0 Å². The van der Waals surface area contributed by atoms with Gasteiger partial charge in [0.15, 0.2) is 5.44 Å². The fourth-order valence-corrected chi connectivity index (χ4v) is 1.23. The standard InChI is InChI=1S/C6H15NO3S/c1-2-3-4-5-6(8)11(7,9)10/h6,8H,2-5H2,1H3,(H2,7,9,10). The number of hydrogen-bond donors (Lipinski definition) is 2. The molecule has 0 aromatic carbocycles. The van der Waals surface area contributed by atoms with Crippen molar-refractivity contribution in [2.45, 2.75) is 38.0 Å². The molecule has 1 unspecified atom stereocenters. The van der Waals surface area contributed by atoms with Gasteiger partial charge in [-0.15, -0.1) is 0 Å². The molecule has 3 N–H and O–H groups in total. The predicted octanol–water partition coefficient (Wildman–Crippen LogP) is 0.174. The average molecular weight is 181 g/mol. The molecule has 0 heterocycles. The van der Waals surface area contributed by atoms with Gasteiger partial charge in [0.25, 0.3) is 0 Å². The smallest absolute Gasteiger partial charge is 0.235 e. The minimum absolute atomic E-state index is 0.243. The molecule has 11 heavy (non-hydrogen) atoms. The van der Waals surface area contributed by atoms with Gasteiger partial charge in [-0.2, -0.15) is 0 Å². The van der Waals surface area contributed by atoms with E-state index in [-0.39, 0.29) is 6.42 Å². The van der Waals surface area contributed by atoms with Crippen LogP contribution in [0.15, 0.2) is 0 Å². The van der Waals surface area contributed by atoms with Crippen molar-refractivity contribution >= 4 is 10.0 Å². The van der Waals surface area contributed by atoms with Gasteiger partial charge in [-0.1, -0.05) is 19.8 Å². The Kier molecular flexibility index (Phi) is 4.63. The first-order valence-electron chi connectivity index (χ1n) is 3.68. The molecule has 0 spiro atoms. The van der Waals surface area contributed by atoms with Crippen LogP contribution < -0.4 is 5.14 Å². The number of unbranched alkanes of at least 4 members (excludes halogenated alkanes) is 2. The Hall–Kier alpha value is -0.130. The molecule has 68 valence electrons. The van der Waals surface area contributed by atoms with Gasteiger partial charge >= 0.3 is 0 Å². The summed E-state index contributed by atoms with van der Waals surface area (Å²) in [5.41, 5.74) is -1.38. The number of primary sulfonamides is 1. The molecule has 0 amide bonds. The quantitative estimate of drug-likeness (QED) is 0.593. The van der Waals surface area contributed by atoms with E-state index in [9.17, 15) is 8.42 Å². The number of rotatable bonds is 5. The van der Waals surface area contributed by atoms with Crippen LogP contribution in [0.1, 0.15) is 32.6 Å². The second kappa shape index (κ2) is 4.69. The van der Waals surface area contributed by atoms with E-state index < -0.39 is 15.5 Å². The molecule has 0 radical (unpaired) electrons. The minimum Gasteiger partial charge on any atom is -0.376 e. The lowest BCUT2D eigenvalue weighted by atomic mass is 10.2. The van der Waals surface area contributed by atoms with E-state index >= 15 is 0 Å². The van der Waals surface area contributed by atoms with Crippen LogP contribution in [0.5, 0.6) is 0 Å². The Morgan fingerprint density at radius 3 is 2.36 bits per heavy atom. The number of hydrogen-bond acceptors (Lipinski definition) is 3. The highest BCUT2D eigenvalue weighted by Crippen LogP contribution is 2.05. The normalized spacial score (nSPS) is 14.8. The summed E-state index contributed by atoms with van der Waals surface area (Å²) in [7, 11) is -3.73. The van der Waals surface area contributed by atoms with E-state index in [2.05, 4.69) is 5.14 Å². The van der Waals surface area contributed by atoms with Crippen LogP contribution in [-0.2, 0) is 10.0 Å². The Morgan fingerprint density at radius 2 is 2.00 bits per heavy atom. The second-order valence-corrected chi connectivity index (χ2v) is 4.26. The molecule has 0 aromatic heterocycles. The summed E-state index contributed by atoms with van der Waals surface area (Å²) in [5.74, 6) is 0. The first-order chi connectivity index (χ1) is 4.98. The third-order valence-corrected chi connectivity index (χ3v) is 2.43. The third kappa shape index (κ3) is 5.17. The van der Waals surface area contributed by atoms with Crippen LogP contribution in [0, 0.1) is 0 Å². The lowest BCUT2D eigenvalue weighted by Gasteiger charge is -2.06. The van der Waals surface area contributed by atoms with Gasteiger partial charge in [0.1, 0.15) is 0 Å². The fraction of sp³-hybridized carbons (Fsp3) is 1.00. The van der Waals surface area contributed by atoms with E-state index in [4.69, 9.17) is 5.11 Å². The Balaban J connectivity index is 3.62. The van der Waals surface area contributed by atoms with Crippen molar-refractivity contribution in [3.63, 3.8) is 0 Å². The van der Waals surface area contributed by atoms with Crippen LogP contribution in [0.3, 0.4) is 0 Å². The molecule has 1 atom stereocenters. The molecular formula is C6H15NO3S. The maximum Gasteiger partial charge on any atom is 0.235 e. The fourth-order valence-electron chi connectivity index (χ4n) is 0.733. The maximum absolute atomic E-state index is 10.5. The van der Waals surface area contributed by atoms with Crippen molar-refractivity contribution in [1.82, 2.24) is 0 Å². The third-order valence-electron chi connectivity index (χ3n) is 1.43. The molecule has 0 saturated carbocycles. The largest absolute Gasteiger partial charge is 0.376 e. The summed E-state index contributed by atoms with van der Waals surface area (Å²) in [4.78, 5) is 0. The monoisotopic (exact) mass is 181 g/mol.